The molecule has 38 heavy (non-hydrogen) atoms. The Hall–Kier alpha value is -3.35. The fourth-order valence-electron chi connectivity index (χ4n) is 5.46. The number of carbonyl (C=O) groups is 3. The van der Waals surface area contributed by atoms with Gasteiger partial charge in [0, 0.05) is 38.0 Å². The summed E-state index contributed by atoms with van der Waals surface area (Å²) in [5, 5.41) is 12.4. The monoisotopic (exact) mass is 517 g/mol. The summed E-state index contributed by atoms with van der Waals surface area (Å²) in [5.74, 6) is -0.571. The maximum atomic E-state index is 12.9. The van der Waals surface area contributed by atoms with Crippen molar-refractivity contribution in [3.8, 4) is 11.1 Å². The summed E-state index contributed by atoms with van der Waals surface area (Å²) in [4.78, 5) is 41.0. The molecule has 2 saturated carbocycles. The van der Waals surface area contributed by atoms with Crippen molar-refractivity contribution < 1.29 is 19.5 Å². The lowest BCUT2D eigenvalue weighted by atomic mass is 9.85. The molecule has 0 aromatic heterocycles. The molecule has 3 fully saturated rings. The molecule has 0 atom stereocenters. The molecule has 0 spiro atoms. The van der Waals surface area contributed by atoms with E-state index >= 15 is 0 Å². The molecule has 2 aliphatic carbocycles. The van der Waals surface area contributed by atoms with Crippen LogP contribution in [0.1, 0.15) is 69.8 Å². The van der Waals surface area contributed by atoms with E-state index in [1.807, 2.05) is 18.2 Å². The van der Waals surface area contributed by atoms with Crippen LogP contribution in [-0.4, -0.2) is 47.4 Å². The second kappa shape index (κ2) is 12.0. The van der Waals surface area contributed by atoms with Gasteiger partial charge in [-0.2, -0.15) is 0 Å². The van der Waals surface area contributed by atoms with Gasteiger partial charge < -0.3 is 20.2 Å². The molecule has 1 aliphatic heterocycles. The molecule has 2 amide bonds. The lowest BCUT2D eigenvalue weighted by Crippen LogP contribution is -2.33. The molecule has 0 radical (unpaired) electrons. The second-order valence-electron chi connectivity index (χ2n) is 11.1. The Morgan fingerprint density at radius 3 is 2.26 bits per heavy atom. The molecular weight excluding hydrogens is 478 g/mol. The molecule has 1 heterocycles. The number of aliphatic carboxylic acids is 1. The maximum absolute atomic E-state index is 12.9. The highest BCUT2D eigenvalue weighted by Gasteiger charge is 2.33. The Labute approximate surface area is 225 Å². The zero-order chi connectivity index (χ0) is 26.5. The summed E-state index contributed by atoms with van der Waals surface area (Å²) >= 11 is 0. The molecule has 2 aromatic rings. The average molecular weight is 518 g/mol. The van der Waals surface area contributed by atoms with Crippen LogP contribution < -0.4 is 10.2 Å². The van der Waals surface area contributed by atoms with Gasteiger partial charge in [0.15, 0.2) is 0 Å². The first kappa shape index (κ1) is 26.3. The van der Waals surface area contributed by atoms with Crippen molar-refractivity contribution in [3.63, 3.8) is 0 Å². The number of rotatable bonds is 10. The van der Waals surface area contributed by atoms with Gasteiger partial charge in [-0.15, -0.1) is 0 Å². The maximum Gasteiger partial charge on any atom is 0.305 e. The van der Waals surface area contributed by atoms with Crippen LogP contribution in [0.5, 0.6) is 0 Å². The van der Waals surface area contributed by atoms with E-state index in [-0.39, 0.29) is 36.6 Å². The lowest BCUT2D eigenvalue weighted by molar-refractivity contribution is -0.139. The predicted molar refractivity (Wildman–Crippen MR) is 149 cm³/mol. The summed E-state index contributed by atoms with van der Waals surface area (Å²) < 4.78 is 0. The zero-order valence-corrected chi connectivity index (χ0v) is 22.2. The number of amides is 2. The minimum atomic E-state index is -0.895. The summed E-state index contributed by atoms with van der Waals surface area (Å²) in [6, 6.07) is 14.4. The highest BCUT2D eigenvalue weighted by atomic mass is 16.4. The Bertz CT molecular complexity index is 1160. The van der Waals surface area contributed by atoms with Crippen LogP contribution in [0.15, 0.2) is 42.5 Å². The van der Waals surface area contributed by atoms with E-state index in [2.05, 4.69) is 34.5 Å². The molecule has 0 bridgehead atoms. The molecular formula is C31H39N3O4. The Kier molecular flexibility index (Phi) is 8.30. The van der Waals surface area contributed by atoms with E-state index in [0.717, 1.165) is 86.1 Å². The van der Waals surface area contributed by atoms with Gasteiger partial charge in [0.05, 0.1) is 17.8 Å². The van der Waals surface area contributed by atoms with Gasteiger partial charge in [0.1, 0.15) is 0 Å². The number of carbonyl (C=O) groups excluding carboxylic acids is 2. The zero-order valence-electron chi connectivity index (χ0n) is 22.2. The number of anilines is 2. The fraction of sp³-hybridized carbons (Fsp3) is 0.516. The van der Waals surface area contributed by atoms with E-state index in [9.17, 15) is 14.4 Å². The van der Waals surface area contributed by atoms with Gasteiger partial charge in [-0.05, 0) is 73.4 Å². The first-order valence-electron chi connectivity index (χ1n) is 14.3. The summed E-state index contributed by atoms with van der Waals surface area (Å²) in [7, 11) is 0. The number of nitrogens with one attached hydrogen (secondary N) is 1. The smallest absolute Gasteiger partial charge is 0.305 e. The highest BCUT2D eigenvalue weighted by Crippen LogP contribution is 2.36. The molecule has 5 rings (SSSR count). The third-order valence-corrected chi connectivity index (χ3v) is 8.14. The first-order valence-corrected chi connectivity index (χ1v) is 14.3. The molecule has 2 aromatic carbocycles. The summed E-state index contributed by atoms with van der Waals surface area (Å²) in [5.41, 5.74) is 4.97. The number of carboxylic acid groups (broad SMARTS) is 1. The third kappa shape index (κ3) is 6.55. The van der Waals surface area contributed by atoms with Gasteiger partial charge in [0.25, 0.3) is 0 Å². The molecule has 202 valence electrons. The standard InChI is InChI=1S/C31H39N3O4/c35-29(36)15-18-34(31(38)24-11-12-24)21-22-7-5-10-25(19-22)26-13-14-28(33-16-3-1-2-4-17-33)27(20-26)32-30(37)23-8-6-9-23/h5,7,10,13-14,19-20,23-24H,1-4,6,8-9,11-12,15-18,21H2,(H,32,37)(H,35,36). The van der Waals surface area contributed by atoms with Crippen LogP contribution in [0, 0.1) is 11.8 Å². The van der Waals surface area contributed by atoms with E-state index in [1.165, 1.54) is 12.8 Å². The second-order valence-corrected chi connectivity index (χ2v) is 11.1. The topological polar surface area (TPSA) is 89.9 Å². The molecule has 7 nitrogen and oxygen atoms in total. The minimum Gasteiger partial charge on any atom is -0.481 e. The van der Waals surface area contributed by atoms with Crippen molar-refractivity contribution in [2.24, 2.45) is 11.8 Å². The number of hydrogen-bond donors (Lipinski definition) is 2. The first-order chi connectivity index (χ1) is 18.5. The Balaban J connectivity index is 1.39. The molecule has 7 heteroatoms. The number of hydrogen-bond acceptors (Lipinski definition) is 4. The lowest BCUT2D eigenvalue weighted by Gasteiger charge is -2.28. The average Bonchev–Trinajstić information content (AvgIpc) is 3.73. The van der Waals surface area contributed by atoms with Crippen molar-refractivity contribution in [2.45, 2.75) is 70.8 Å². The van der Waals surface area contributed by atoms with Gasteiger partial charge in [-0.3, -0.25) is 14.4 Å². The number of carboxylic acids is 1. The van der Waals surface area contributed by atoms with Crippen LogP contribution >= 0.6 is 0 Å². The molecule has 2 N–H and O–H groups in total. The van der Waals surface area contributed by atoms with E-state index < -0.39 is 5.97 Å². The molecule has 3 aliphatic rings. The van der Waals surface area contributed by atoms with Crippen LogP contribution in [0.4, 0.5) is 11.4 Å². The van der Waals surface area contributed by atoms with E-state index in [0.29, 0.717) is 6.54 Å². The molecule has 0 unspecified atom stereocenters. The quantitative estimate of drug-likeness (QED) is 0.423. The van der Waals surface area contributed by atoms with E-state index in [4.69, 9.17) is 5.11 Å². The largest absolute Gasteiger partial charge is 0.481 e. The van der Waals surface area contributed by atoms with Crippen LogP contribution in [-0.2, 0) is 20.9 Å². The van der Waals surface area contributed by atoms with Crippen LogP contribution in [0.2, 0.25) is 0 Å². The van der Waals surface area contributed by atoms with Crippen molar-refractivity contribution in [1.29, 1.82) is 0 Å². The number of nitrogens with zero attached hydrogens (tertiary/aromatic N) is 2. The van der Waals surface area contributed by atoms with E-state index in [1.54, 1.807) is 4.90 Å². The van der Waals surface area contributed by atoms with Crippen molar-refractivity contribution in [3.05, 3.63) is 48.0 Å². The van der Waals surface area contributed by atoms with Crippen LogP contribution in [0.25, 0.3) is 11.1 Å². The van der Waals surface area contributed by atoms with Gasteiger partial charge in [-0.25, -0.2) is 0 Å². The van der Waals surface area contributed by atoms with Gasteiger partial charge in [0.2, 0.25) is 11.8 Å². The van der Waals surface area contributed by atoms with Gasteiger partial charge >= 0.3 is 5.97 Å². The summed E-state index contributed by atoms with van der Waals surface area (Å²) in [6.45, 7) is 2.62. The Morgan fingerprint density at radius 1 is 0.868 bits per heavy atom. The molecule has 1 saturated heterocycles. The SMILES string of the molecule is O=C(O)CCN(Cc1cccc(-c2ccc(N3CCCCCC3)c(NC(=O)C3CCC3)c2)c1)C(=O)C1CC1. The van der Waals surface area contributed by atoms with Crippen LogP contribution in [0.3, 0.4) is 0 Å². The van der Waals surface area contributed by atoms with Crippen molar-refractivity contribution in [1.82, 2.24) is 4.90 Å². The third-order valence-electron chi connectivity index (χ3n) is 8.14. The summed E-state index contributed by atoms with van der Waals surface area (Å²) in [6.07, 6.45) is 9.60. The highest BCUT2D eigenvalue weighted by molar-refractivity contribution is 5.97. The van der Waals surface area contributed by atoms with Crippen molar-refractivity contribution in [2.75, 3.05) is 29.9 Å². The minimum absolute atomic E-state index is 0.0420. The Morgan fingerprint density at radius 2 is 1.61 bits per heavy atom. The number of benzene rings is 2. The van der Waals surface area contributed by atoms with Gasteiger partial charge in [-0.1, -0.05) is 43.5 Å². The predicted octanol–water partition coefficient (Wildman–Crippen LogP) is 5.69. The normalized spacial score (nSPS) is 17.8. The fourth-order valence-corrected chi connectivity index (χ4v) is 5.46. The van der Waals surface area contributed by atoms with Crippen molar-refractivity contribution >= 4 is 29.2 Å².